The quantitative estimate of drug-likeness (QED) is 0.865. The van der Waals surface area contributed by atoms with Gasteiger partial charge < -0.3 is 10.2 Å². The Balaban J connectivity index is 1.77. The Kier molecular flexibility index (Phi) is 4.65. The average Bonchev–Trinajstić information content (AvgIpc) is 2.56. The summed E-state index contributed by atoms with van der Waals surface area (Å²) in [6.07, 6.45) is 1.52. The van der Waals surface area contributed by atoms with E-state index in [0.717, 1.165) is 25.1 Å². The third kappa shape index (κ3) is 3.39. The first kappa shape index (κ1) is 16.4. The highest BCUT2D eigenvalue weighted by Crippen LogP contribution is 2.23. The van der Waals surface area contributed by atoms with Crippen molar-refractivity contribution in [1.29, 1.82) is 0 Å². The number of sulfonamides is 1. The number of carbonyl (C=O) groups is 1. The van der Waals surface area contributed by atoms with Crippen LogP contribution in [0.15, 0.2) is 29.2 Å². The van der Waals surface area contributed by atoms with E-state index in [2.05, 4.69) is 5.32 Å². The van der Waals surface area contributed by atoms with Gasteiger partial charge in [0.1, 0.15) is 5.82 Å². The zero-order chi connectivity index (χ0) is 16.4. The topological polar surface area (TPSA) is 69.7 Å². The van der Waals surface area contributed by atoms with Gasteiger partial charge in [-0.05, 0) is 37.1 Å². The van der Waals surface area contributed by atoms with Gasteiger partial charge in [-0.2, -0.15) is 4.31 Å². The lowest BCUT2D eigenvalue weighted by molar-refractivity contribution is -0.135. The predicted molar refractivity (Wildman–Crippen MR) is 82.8 cm³/mol. The minimum Gasteiger partial charge on any atom is -0.336 e. The fourth-order valence-corrected chi connectivity index (χ4v) is 4.67. The molecule has 3 rings (SSSR count). The van der Waals surface area contributed by atoms with Gasteiger partial charge in [0.2, 0.25) is 15.9 Å². The zero-order valence-electron chi connectivity index (χ0n) is 12.7. The second-order valence-corrected chi connectivity index (χ2v) is 7.81. The first-order valence-electron chi connectivity index (χ1n) is 7.74. The minimum absolute atomic E-state index is 0.0160. The number of nitrogens with zero attached hydrogens (tertiary/aromatic N) is 2. The molecule has 6 nitrogen and oxygen atoms in total. The number of nitrogens with one attached hydrogen (secondary N) is 1. The second-order valence-electron chi connectivity index (χ2n) is 5.88. The van der Waals surface area contributed by atoms with Crippen molar-refractivity contribution in [2.75, 3.05) is 32.7 Å². The van der Waals surface area contributed by atoms with E-state index in [9.17, 15) is 17.6 Å². The molecule has 1 unspecified atom stereocenters. The fourth-order valence-electron chi connectivity index (χ4n) is 3.16. The van der Waals surface area contributed by atoms with Crippen molar-refractivity contribution in [2.24, 2.45) is 0 Å². The molecule has 2 heterocycles. The Bertz CT molecular complexity index is 678. The second kappa shape index (κ2) is 6.54. The van der Waals surface area contributed by atoms with E-state index in [1.165, 1.54) is 16.4 Å². The van der Waals surface area contributed by atoms with Crippen molar-refractivity contribution in [2.45, 2.75) is 23.8 Å². The molecule has 126 valence electrons. The van der Waals surface area contributed by atoms with Crippen LogP contribution in [0, 0.1) is 5.82 Å². The van der Waals surface area contributed by atoms with Gasteiger partial charge in [0.15, 0.2) is 0 Å². The van der Waals surface area contributed by atoms with Crippen LogP contribution in [0.1, 0.15) is 12.8 Å². The van der Waals surface area contributed by atoms with E-state index in [1.807, 2.05) is 0 Å². The average molecular weight is 341 g/mol. The van der Waals surface area contributed by atoms with Crippen LogP contribution in [0.2, 0.25) is 0 Å². The third-order valence-corrected chi connectivity index (χ3v) is 6.26. The standard InChI is InChI=1S/C15H20FN3O3S/c16-12-3-5-14(6-4-12)23(21,22)18-8-1-2-13(11-18)19-9-7-17-10-15(19)20/h3-6,13,17H,1-2,7-11H2. The van der Waals surface area contributed by atoms with Crippen LogP contribution >= 0.6 is 0 Å². The van der Waals surface area contributed by atoms with Gasteiger partial charge in [0.25, 0.3) is 0 Å². The molecule has 0 saturated carbocycles. The molecule has 2 saturated heterocycles. The number of hydrogen-bond acceptors (Lipinski definition) is 4. The Labute approximate surface area is 135 Å². The van der Waals surface area contributed by atoms with Crippen LogP contribution in [-0.4, -0.2) is 62.3 Å². The largest absolute Gasteiger partial charge is 0.336 e. The van der Waals surface area contributed by atoms with Crippen molar-refractivity contribution in [1.82, 2.24) is 14.5 Å². The molecule has 23 heavy (non-hydrogen) atoms. The van der Waals surface area contributed by atoms with Gasteiger partial charge >= 0.3 is 0 Å². The van der Waals surface area contributed by atoms with E-state index in [0.29, 0.717) is 32.6 Å². The number of amides is 1. The van der Waals surface area contributed by atoms with Gasteiger partial charge in [0, 0.05) is 32.2 Å². The van der Waals surface area contributed by atoms with E-state index < -0.39 is 15.8 Å². The number of carbonyl (C=O) groups excluding carboxylic acids is 1. The van der Waals surface area contributed by atoms with Crippen LogP contribution < -0.4 is 5.32 Å². The maximum absolute atomic E-state index is 13.0. The SMILES string of the molecule is O=C1CNCCN1C1CCCN(S(=O)(=O)c2ccc(F)cc2)C1. The maximum atomic E-state index is 13.0. The summed E-state index contributed by atoms with van der Waals surface area (Å²) in [5.41, 5.74) is 0. The number of piperazine rings is 1. The molecule has 2 aliphatic heterocycles. The van der Waals surface area contributed by atoms with E-state index >= 15 is 0 Å². The lowest BCUT2D eigenvalue weighted by Gasteiger charge is -2.40. The van der Waals surface area contributed by atoms with Crippen LogP contribution in [0.5, 0.6) is 0 Å². The summed E-state index contributed by atoms with van der Waals surface area (Å²) in [6, 6.07) is 4.77. The van der Waals surface area contributed by atoms with Crippen molar-refractivity contribution in [3.05, 3.63) is 30.1 Å². The molecule has 0 radical (unpaired) electrons. The van der Waals surface area contributed by atoms with E-state index in [1.54, 1.807) is 4.90 Å². The predicted octanol–water partition coefficient (Wildman–Crippen LogP) is 0.411. The summed E-state index contributed by atoms with van der Waals surface area (Å²) in [6.45, 7) is 2.37. The minimum atomic E-state index is -3.65. The van der Waals surface area contributed by atoms with Gasteiger partial charge in [-0.1, -0.05) is 0 Å². The van der Waals surface area contributed by atoms with Crippen molar-refractivity contribution < 1.29 is 17.6 Å². The third-order valence-electron chi connectivity index (χ3n) is 4.38. The molecule has 0 aliphatic carbocycles. The molecule has 8 heteroatoms. The number of hydrogen-bond donors (Lipinski definition) is 1. The molecule has 0 bridgehead atoms. The van der Waals surface area contributed by atoms with E-state index in [-0.39, 0.29) is 16.8 Å². The summed E-state index contributed by atoms with van der Waals surface area (Å²) < 4.78 is 39.8. The molecule has 0 spiro atoms. The molecule has 2 fully saturated rings. The van der Waals surface area contributed by atoms with E-state index in [4.69, 9.17) is 0 Å². The highest BCUT2D eigenvalue weighted by atomic mass is 32.2. The van der Waals surface area contributed by atoms with Crippen LogP contribution in [0.4, 0.5) is 4.39 Å². The molecule has 0 aromatic heterocycles. The lowest BCUT2D eigenvalue weighted by Crippen LogP contribution is -2.57. The van der Waals surface area contributed by atoms with Crippen molar-refractivity contribution in [3.63, 3.8) is 0 Å². The van der Waals surface area contributed by atoms with Crippen LogP contribution in [0.3, 0.4) is 0 Å². The Morgan fingerprint density at radius 1 is 1.17 bits per heavy atom. The summed E-state index contributed by atoms with van der Waals surface area (Å²) in [5.74, 6) is -0.450. The molecule has 1 atom stereocenters. The molecule has 1 amide bonds. The summed E-state index contributed by atoms with van der Waals surface area (Å²) in [4.78, 5) is 13.9. The fraction of sp³-hybridized carbons (Fsp3) is 0.533. The molecule has 2 aliphatic rings. The van der Waals surface area contributed by atoms with Crippen molar-refractivity contribution >= 4 is 15.9 Å². The first-order chi connectivity index (χ1) is 11.0. The Morgan fingerprint density at radius 2 is 1.91 bits per heavy atom. The zero-order valence-corrected chi connectivity index (χ0v) is 13.6. The summed E-state index contributed by atoms with van der Waals surface area (Å²) in [5, 5.41) is 3.02. The Morgan fingerprint density at radius 3 is 2.61 bits per heavy atom. The Hall–Kier alpha value is -1.51. The summed E-state index contributed by atoms with van der Waals surface area (Å²) >= 11 is 0. The monoisotopic (exact) mass is 341 g/mol. The maximum Gasteiger partial charge on any atom is 0.243 e. The molecule has 1 N–H and O–H groups in total. The molecule has 1 aromatic carbocycles. The normalized spacial score (nSPS) is 24.0. The van der Waals surface area contributed by atoms with Crippen molar-refractivity contribution in [3.8, 4) is 0 Å². The van der Waals surface area contributed by atoms with Gasteiger partial charge in [-0.15, -0.1) is 0 Å². The number of benzene rings is 1. The highest BCUT2D eigenvalue weighted by Gasteiger charge is 2.35. The van der Waals surface area contributed by atoms with Crippen LogP contribution in [-0.2, 0) is 14.8 Å². The van der Waals surface area contributed by atoms with Gasteiger partial charge in [-0.25, -0.2) is 12.8 Å². The van der Waals surface area contributed by atoms with Gasteiger partial charge in [-0.3, -0.25) is 4.79 Å². The van der Waals surface area contributed by atoms with Crippen LogP contribution in [0.25, 0.3) is 0 Å². The smallest absolute Gasteiger partial charge is 0.243 e. The molecular formula is C15H20FN3O3S. The first-order valence-corrected chi connectivity index (χ1v) is 9.18. The van der Waals surface area contributed by atoms with Gasteiger partial charge in [0.05, 0.1) is 11.4 Å². The number of halogens is 1. The highest BCUT2D eigenvalue weighted by molar-refractivity contribution is 7.89. The summed E-state index contributed by atoms with van der Waals surface area (Å²) in [7, 11) is -3.65. The number of rotatable bonds is 3. The molecular weight excluding hydrogens is 321 g/mol. The number of piperidine rings is 1. The molecule has 1 aromatic rings. The lowest BCUT2D eigenvalue weighted by atomic mass is 10.1.